The number of fused-ring (bicyclic) bond motifs is 1. The van der Waals surface area contributed by atoms with E-state index in [9.17, 15) is 4.79 Å². The summed E-state index contributed by atoms with van der Waals surface area (Å²) in [6.07, 6.45) is 4.30. The number of allylic oxidation sites excluding steroid dienone is 1. The van der Waals surface area contributed by atoms with Gasteiger partial charge in [-0.2, -0.15) is 0 Å². The van der Waals surface area contributed by atoms with Gasteiger partial charge in [0, 0.05) is 18.7 Å². The number of amides is 1. The van der Waals surface area contributed by atoms with Gasteiger partial charge in [0.1, 0.15) is 0 Å². The number of carbonyl (C=O) groups is 1. The summed E-state index contributed by atoms with van der Waals surface area (Å²) in [6.45, 7) is 2.08. The lowest BCUT2D eigenvalue weighted by molar-refractivity contribution is -0.119. The maximum absolute atomic E-state index is 13.2. The van der Waals surface area contributed by atoms with Crippen LogP contribution >= 0.6 is 0 Å². The van der Waals surface area contributed by atoms with E-state index in [0.717, 1.165) is 22.4 Å². The molecule has 4 rings (SSSR count). The molecule has 0 aliphatic carbocycles. The van der Waals surface area contributed by atoms with Crippen molar-refractivity contribution in [3.05, 3.63) is 107 Å². The average Bonchev–Trinajstić information content (AvgIpc) is 2.94. The highest BCUT2D eigenvalue weighted by Gasteiger charge is 2.39. The predicted molar refractivity (Wildman–Crippen MR) is 112 cm³/mol. The Morgan fingerprint density at radius 2 is 1.59 bits per heavy atom. The Bertz CT molecular complexity index is 976. The molecule has 1 aliphatic heterocycles. The Kier molecular flexibility index (Phi) is 4.64. The number of nitrogens with zero attached hydrogens (tertiary/aromatic N) is 1. The molecule has 3 aromatic carbocycles. The molecule has 0 saturated heterocycles. The van der Waals surface area contributed by atoms with Gasteiger partial charge in [0.2, 0.25) is 5.91 Å². The third-order valence-corrected chi connectivity index (χ3v) is 5.32. The minimum atomic E-state index is -0.202. The van der Waals surface area contributed by atoms with Gasteiger partial charge in [-0.25, -0.2) is 0 Å². The van der Waals surface area contributed by atoms with Crippen molar-refractivity contribution in [2.45, 2.75) is 18.8 Å². The van der Waals surface area contributed by atoms with Crippen LogP contribution < -0.4 is 4.90 Å². The van der Waals surface area contributed by atoms with Crippen LogP contribution in [-0.4, -0.2) is 13.0 Å². The number of aryl methyl sites for hydroxylation is 1. The number of likely N-dealkylation sites (N-methyl/N-ethyl adjacent to an activating group) is 1. The van der Waals surface area contributed by atoms with Crippen LogP contribution in [0.4, 0.5) is 5.69 Å². The van der Waals surface area contributed by atoms with E-state index >= 15 is 0 Å². The van der Waals surface area contributed by atoms with Crippen LogP contribution in [0.3, 0.4) is 0 Å². The second-order valence-corrected chi connectivity index (χ2v) is 7.14. The fraction of sp³-hybridized carbons (Fsp3) is 0.160. The van der Waals surface area contributed by atoms with E-state index < -0.39 is 0 Å². The summed E-state index contributed by atoms with van der Waals surface area (Å²) < 4.78 is 0. The lowest BCUT2D eigenvalue weighted by atomic mass is 9.81. The molecular weight excluding hydrogens is 330 g/mol. The molecule has 2 nitrogen and oxygen atoms in total. The summed E-state index contributed by atoms with van der Waals surface area (Å²) in [5.74, 6) is -0.0566. The molecule has 0 N–H and O–H groups in total. The maximum Gasteiger partial charge on any atom is 0.235 e. The summed E-state index contributed by atoms with van der Waals surface area (Å²) in [4.78, 5) is 15.0. The van der Waals surface area contributed by atoms with E-state index in [0.29, 0.717) is 0 Å². The maximum atomic E-state index is 13.2. The zero-order valence-corrected chi connectivity index (χ0v) is 15.7. The Hall–Kier alpha value is -3.13. The highest BCUT2D eigenvalue weighted by molar-refractivity contribution is 6.05. The van der Waals surface area contributed by atoms with Crippen molar-refractivity contribution in [1.82, 2.24) is 0 Å². The van der Waals surface area contributed by atoms with Gasteiger partial charge in [-0.05, 0) is 29.7 Å². The zero-order chi connectivity index (χ0) is 18.8. The molecule has 0 aromatic heterocycles. The molecule has 3 aromatic rings. The quantitative estimate of drug-likeness (QED) is 0.602. The molecule has 0 spiro atoms. The third-order valence-electron chi connectivity index (χ3n) is 5.32. The van der Waals surface area contributed by atoms with Crippen LogP contribution in [0.5, 0.6) is 0 Å². The summed E-state index contributed by atoms with van der Waals surface area (Å²) in [7, 11) is 1.87. The van der Waals surface area contributed by atoms with Crippen molar-refractivity contribution in [1.29, 1.82) is 0 Å². The highest BCUT2D eigenvalue weighted by atomic mass is 16.2. The molecule has 0 fully saturated rings. The van der Waals surface area contributed by atoms with Crippen LogP contribution in [0.2, 0.25) is 0 Å². The van der Waals surface area contributed by atoms with Gasteiger partial charge in [-0.1, -0.05) is 90.5 Å². The topological polar surface area (TPSA) is 20.3 Å². The van der Waals surface area contributed by atoms with E-state index in [2.05, 4.69) is 61.5 Å². The molecule has 134 valence electrons. The van der Waals surface area contributed by atoms with E-state index in [-0.39, 0.29) is 17.7 Å². The predicted octanol–water partition coefficient (Wildman–Crippen LogP) is 5.55. The zero-order valence-electron chi connectivity index (χ0n) is 15.7. The van der Waals surface area contributed by atoms with E-state index in [1.54, 1.807) is 4.90 Å². The minimum absolute atomic E-state index is 0.00981. The molecule has 2 atom stereocenters. The minimum Gasteiger partial charge on any atom is -0.315 e. The standard InChI is InChI=1S/C25H23NO/c1-18-13-16-23-22(17-18)24(25(27)26(23)2)21(20-11-7-4-8-12-20)15-14-19-9-5-3-6-10-19/h3-17,21,24H,1-2H3/b15-14+/t21-,24+/m0/s1. The van der Waals surface area contributed by atoms with Gasteiger partial charge in [-0.15, -0.1) is 0 Å². The highest BCUT2D eigenvalue weighted by Crippen LogP contribution is 2.45. The van der Waals surface area contributed by atoms with Crippen LogP contribution in [0.15, 0.2) is 84.9 Å². The first-order chi connectivity index (χ1) is 13.1. The van der Waals surface area contributed by atoms with Crippen LogP contribution in [0.1, 0.15) is 34.1 Å². The van der Waals surface area contributed by atoms with Gasteiger partial charge in [0.25, 0.3) is 0 Å². The van der Waals surface area contributed by atoms with E-state index in [1.807, 2.05) is 43.4 Å². The molecule has 1 aliphatic rings. The molecule has 27 heavy (non-hydrogen) atoms. The van der Waals surface area contributed by atoms with Crippen molar-refractivity contribution >= 4 is 17.7 Å². The van der Waals surface area contributed by atoms with Crippen molar-refractivity contribution < 1.29 is 4.79 Å². The van der Waals surface area contributed by atoms with Crippen molar-refractivity contribution in [2.75, 3.05) is 11.9 Å². The van der Waals surface area contributed by atoms with Crippen LogP contribution in [0, 0.1) is 6.92 Å². The Labute approximate surface area is 160 Å². The van der Waals surface area contributed by atoms with Gasteiger partial charge < -0.3 is 4.90 Å². The Morgan fingerprint density at radius 3 is 2.30 bits per heavy atom. The first-order valence-electron chi connectivity index (χ1n) is 9.31. The summed E-state index contributed by atoms with van der Waals surface area (Å²) >= 11 is 0. The summed E-state index contributed by atoms with van der Waals surface area (Å²) in [6, 6.07) is 26.9. The molecule has 1 amide bonds. The second kappa shape index (κ2) is 7.24. The molecule has 0 unspecified atom stereocenters. The number of hydrogen-bond donors (Lipinski definition) is 0. The number of rotatable bonds is 4. The number of benzene rings is 3. The van der Waals surface area contributed by atoms with Crippen molar-refractivity contribution in [2.24, 2.45) is 0 Å². The molecule has 0 bridgehead atoms. The van der Waals surface area contributed by atoms with Gasteiger partial charge in [-0.3, -0.25) is 4.79 Å². The Morgan fingerprint density at radius 1 is 0.926 bits per heavy atom. The van der Waals surface area contributed by atoms with Crippen molar-refractivity contribution in [3.8, 4) is 0 Å². The fourth-order valence-electron chi connectivity index (χ4n) is 3.90. The van der Waals surface area contributed by atoms with Crippen LogP contribution in [-0.2, 0) is 4.79 Å². The van der Waals surface area contributed by atoms with Gasteiger partial charge in [0.05, 0.1) is 5.92 Å². The second-order valence-electron chi connectivity index (χ2n) is 7.14. The monoisotopic (exact) mass is 353 g/mol. The smallest absolute Gasteiger partial charge is 0.235 e. The fourth-order valence-corrected chi connectivity index (χ4v) is 3.90. The first kappa shape index (κ1) is 17.3. The number of carbonyl (C=O) groups excluding carboxylic acids is 1. The number of hydrogen-bond acceptors (Lipinski definition) is 1. The number of anilines is 1. The normalized spacial score (nSPS) is 17.3. The van der Waals surface area contributed by atoms with Gasteiger partial charge in [0.15, 0.2) is 0 Å². The molecule has 0 radical (unpaired) electrons. The lowest BCUT2D eigenvalue weighted by Crippen LogP contribution is -2.26. The third kappa shape index (κ3) is 3.31. The largest absolute Gasteiger partial charge is 0.315 e. The average molecular weight is 353 g/mol. The van der Waals surface area contributed by atoms with Crippen LogP contribution in [0.25, 0.3) is 6.08 Å². The van der Waals surface area contributed by atoms with E-state index in [4.69, 9.17) is 0 Å². The summed E-state index contributed by atoms with van der Waals surface area (Å²) in [5.41, 5.74) is 5.62. The molecule has 0 saturated carbocycles. The first-order valence-corrected chi connectivity index (χ1v) is 9.31. The van der Waals surface area contributed by atoms with E-state index in [1.165, 1.54) is 5.56 Å². The molecule has 2 heteroatoms. The SMILES string of the molecule is Cc1ccc2c(c1)[C@@H]([C@@H](/C=C/c1ccccc1)c1ccccc1)C(=O)N2C. The molecular formula is C25H23NO. The Balaban J connectivity index is 1.81. The van der Waals surface area contributed by atoms with Gasteiger partial charge >= 0.3 is 0 Å². The summed E-state index contributed by atoms with van der Waals surface area (Å²) in [5, 5.41) is 0. The molecule has 1 heterocycles. The van der Waals surface area contributed by atoms with Crippen molar-refractivity contribution in [3.63, 3.8) is 0 Å². The lowest BCUT2D eigenvalue weighted by Gasteiger charge is -2.21.